The van der Waals surface area contributed by atoms with Crippen LogP contribution in [0.2, 0.25) is 0 Å². The van der Waals surface area contributed by atoms with E-state index in [0.717, 1.165) is 32.4 Å². The lowest BCUT2D eigenvalue weighted by molar-refractivity contribution is -0.142. The Kier molecular flexibility index (Phi) is 7.04. The predicted molar refractivity (Wildman–Crippen MR) is 69.9 cm³/mol. The second-order valence-corrected chi connectivity index (χ2v) is 4.80. The van der Waals surface area contributed by atoms with Crippen molar-refractivity contribution in [1.29, 1.82) is 0 Å². The lowest BCUT2D eigenvalue weighted by Gasteiger charge is -2.36. The molecule has 1 aliphatic heterocycles. The van der Waals surface area contributed by atoms with Crippen molar-refractivity contribution in [1.82, 2.24) is 4.90 Å². The molecule has 0 saturated carbocycles. The van der Waals surface area contributed by atoms with Crippen molar-refractivity contribution in [3.63, 3.8) is 0 Å². The van der Waals surface area contributed by atoms with Gasteiger partial charge >= 0.3 is 0 Å². The van der Waals surface area contributed by atoms with Crippen LogP contribution >= 0.6 is 0 Å². The lowest BCUT2D eigenvalue weighted by Crippen LogP contribution is -2.46. The summed E-state index contributed by atoms with van der Waals surface area (Å²) in [4.78, 5) is 2.49. The van der Waals surface area contributed by atoms with Gasteiger partial charge in [0, 0.05) is 38.3 Å². The van der Waals surface area contributed by atoms with Crippen LogP contribution in [-0.2, 0) is 9.47 Å². The minimum Gasteiger partial charge on any atom is -0.353 e. The van der Waals surface area contributed by atoms with Gasteiger partial charge in [-0.2, -0.15) is 0 Å². The number of rotatable bonds is 7. The van der Waals surface area contributed by atoms with Gasteiger partial charge < -0.3 is 20.1 Å². The zero-order valence-electron chi connectivity index (χ0n) is 11.5. The maximum Gasteiger partial charge on any atom is 0.158 e. The van der Waals surface area contributed by atoms with Gasteiger partial charge in [-0.15, -0.1) is 0 Å². The molecule has 0 spiro atoms. The quantitative estimate of drug-likeness (QED) is 0.691. The molecule has 1 saturated heterocycles. The smallest absolute Gasteiger partial charge is 0.158 e. The van der Waals surface area contributed by atoms with Crippen LogP contribution in [0.3, 0.4) is 0 Å². The Morgan fingerprint density at radius 2 is 1.94 bits per heavy atom. The fourth-order valence-corrected chi connectivity index (χ4v) is 2.45. The zero-order valence-corrected chi connectivity index (χ0v) is 11.5. The second kappa shape index (κ2) is 8.03. The van der Waals surface area contributed by atoms with E-state index in [9.17, 15) is 0 Å². The lowest BCUT2D eigenvalue weighted by atomic mass is 9.99. The summed E-state index contributed by atoms with van der Waals surface area (Å²) in [5, 5.41) is 0. The number of ether oxygens (including phenoxy) is 2. The van der Waals surface area contributed by atoms with Gasteiger partial charge in [0.05, 0.1) is 0 Å². The molecule has 2 unspecified atom stereocenters. The summed E-state index contributed by atoms with van der Waals surface area (Å²) in [6.45, 7) is 9.85. The topological polar surface area (TPSA) is 47.7 Å². The molecule has 2 atom stereocenters. The second-order valence-electron chi connectivity index (χ2n) is 4.80. The first kappa shape index (κ1) is 14.9. The van der Waals surface area contributed by atoms with Crippen molar-refractivity contribution in [2.45, 2.75) is 58.4 Å². The Labute approximate surface area is 105 Å². The summed E-state index contributed by atoms with van der Waals surface area (Å²) in [5.74, 6) is 0. The summed E-state index contributed by atoms with van der Waals surface area (Å²) in [5.41, 5.74) is 5.96. The van der Waals surface area contributed by atoms with Crippen LogP contribution in [0.5, 0.6) is 0 Å². The molecule has 0 aromatic carbocycles. The summed E-state index contributed by atoms with van der Waals surface area (Å²) in [6, 6.07) is 0.971. The number of hydrogen-bond donors (Lipinski definition) is 1. The fraction of sp³-hybridized carbons (Fsp3) is 1.00. The molecule has 1 rings (SSSR count). The first-order valence-corrected chi connectivity index (χ1v) is 6.90. The molecule has 0 bridgehead atoms. The molecule has 0 aromatic heterocycles. The molecule has 102 valence electrons. The van der Waals surface area contributed by atoms with E-state index in [1.54, 1.807) is 0 Å². The molecule has 4 nitrogen and oxygen atoms in total. The van der Waals surface area contributed by atoms with Crippen molar-refractivity contribution in [2.24, 2.45) is 5.73 Å². The molecule has 17 heavy (non-hydrogen) atoms. The zero-order chi connectivity index (χ0) is 12.7. The average Bonchev–Trinajstić information content (AvgIpc) is 2.28. The van der Waals surface area contributed by atoms with Crippen LogP contribution in [0.15, 0.2) is 0 Å². The third-order valence-corrected chi connectivity index (χ3v) is 3.41. The Balaban J connectivity index is 2.27. The number of likely N-dealkylation sites (tertiary alicyclic amines) is 1. The third kappa shape index (κ3) is 5.34. The summed E-state index contributed by atoms with van der Waals surface area (Å²) < 4.78 is 11.1. The van der Waals surface area contributed by atoms with E-state index in [4.69, 9.17) is 15.2 Å². The van der Waals surface area contributed by atoms with Crippen molar-refractivity contribution in [2.75, 3.05) is 26.3 Å². The van der Waals surface area contributed by atoms with Gasteiger partial charge in [0.25, 0.3) is 0 Å². The van der Waals surface area contributed by atoms with E-state index < -0.39 is 0 Å². The molecule has 0 amide bonds. The molecule has 2 N–H and O–H groups in total. The van der Waals surface area contributed by atoms with Gasteiger partial charge in [-0.05, 0) is 40.2 Å². The number of nitrogens with two attached hydrogens (primary N) is 1. The minimum atomic E-state index is -0.0483. The number of hydrogen-bond acceptors (Lipinski definition) is 4. The summed E-state index contributed by atoms with van der Waals surface area (Å²) in [6.07, 6.45) is 3.11. The van der Waals surface area contributed by atoms with Gasteiger partial charge in [0.15, 0.2) is 6.29 Å². The van der Waals surface area contributed by atoms with Gasteiger partial charge in [0.1, 0.15) is 0 Å². The highest BCUT2D eigenvalue weighted by molar-refractivity contribution is 4.80. The fourth-order valence-electron chi connectivity index (χ4n) is 2.45. The SMILES string of the molecule is CCOC(CCN1CCC(N)CC1C)OCC. The van der Waals surface area contributed by atoms with Gasteiger partial charge in [-0.1, -0.05) is 0 Å². The van der Waals surface area contributed by atoms with E-state index in [1.807, 2.05) is 13.8 Å². The van der Waals surface area contributed by atoms with E-state index in [1.165, 1.54) is 0 Å². The summed E-state index contributed by atoms with van der Waals surface area (Å²) in [7, 11) is 0. The molecule has 1 heterocycles. The standard InChI is InChI=1S/C13H28N2O2/c1-4-16-13(17-5-2)7-9-15-8-6-12(14)10-11(15)3/h11-13H,4-10,14H2,1-3H3. The molecular weight excluding hydrogens is 216 g/mol. The highest BCUT2D eigenvalue weighted by Gasteiger charge is 2.23. The van der Waals surface area contributed by atoms with Crippen molar-refractivity contribution in [3.05, 3.63) is 0 Å². The monoisotopic (exact) mass is 244 g/mol. The van der Waals surface area contributed by atoms with Crippen molar-refractivity contribution in [3.8, 4) is 0 Å². The molecular formula is C13H28N2O2. The van der Waals surface area contributed by atoms with Gasteiger partial charge in [-0.3, -0.25) is 0 Å². The molecule has 0 aliphatic carbocycles. The van der Waals surface area contributed by atoms with Crippen molar-refractivity contribution >= 4 is 0 Å². The molecule has 1 fully saturated rings. The van der Waals surface area contributed by atoms with Crippen LogP contribution in [0.1, 0.15) is 40.0 Å². The van der Waals surface area contributed by atoms with E-state index in [-0.39, 0.29) is 6.29 Å². The minimum absolute atomic E-state index is 0.0483. The normalized spacial score (nSPS) is 26.6. The Hall–Kier alpha value is -0.160. The van der Waals surface area contributed by atoms with Crippen LogP contribution in [0, 0.1) is 0 Å². The Bertz CT molecular complexity index is 196. The molecule has 0 radical (unpaired) electrons. The maximum absolute atomic E-state index is 5.96. The highest BCUT2D eigenvalue weighted by Crippen LogP contribution is 2.17. The van der Waals surface area contributed by atoms with Crippen LogP contribution in [0.4, 0.5) is 0 Å². The molecule has 0 aromatic rings. The first-order valence-electron chi connectivity index (χ1n) is 6.90. The van der Waals surface area contributed by atoms with E-state index in [0.29, 0.717) is 25.3 Å². The van der Waals surface area contributed by atoms with Gasteiger partial charge in [0.2, 0.25) is 0 Å². The van der Waals surface area contributed by atoms with Crippen LogP contribution < -0.4 is 5.73 Å². The largest absolute Gasteiger partial charge is 0.353 e. The molecule has 4 heteroatoms. The first-order chi connectivity index (χ1) is 8.17. The third-order valence-electron chi connectivity index (χ3n) is 3.41. The predicted octanol–water partition coefficient (Wildman–Crippen LogP) is 1.59. The van der Waals surface area contributed by atoms with E-state index >= 15 is 0 Å². The number of nitrogens with zero attached hydrogens (tertiary/aromatic N) is 1. The van der Waals surface area contributed by atoms with E-state index in [2.05, 4.69) is 11.8 Å². The van der Waals surface area contributed by atoms with Crippen LogP contribution in [0.25, 0.3) is 0 Å². The Morgan fingerprint density at radius 1 is 1.29 bits per heavy atom. The molecule has 1 aliphatic rings. The number of piperidine rings is 1. The average molecular weight is 244 g/mol. The highest BCUT2D eigenvalue weighted by atomic mass is 16.7. The van der Waals surface area contributed by atoms with Crippen molar-refractivity contribution < 1.29 is 9.47 Å². The van der Waals surface area contributed by atoms with Gasteiger partial charge in [-0.25, -0.2) is 0 Å². The van der Waals surface area contributed by atoms with Crippen LogP contribution in [-0.4, -0.2) is 49.6 Å². The summed E-state index contributed by atoms with van der Waals surface area (Å²) >= 11 is 0. The maximum atomic E-state index is 5.96. The Morgan fingerprint density at radius 3 is 2.47 bits per heavy atom.